The van der Waals surface area contributed by atoms with Crippen LogP contribution in [0.25, 0.3) is 11.7 Å². The molecule has 0 aromatic carbocycles. The van der Waals surface area contributed by atoms with E-state index >= 15 is 0 Å². The SMILES string of the molecule is Cc1ccoc1-c1nnc(CN2CCCC[C@H]2Cn2cccn2)o1. The van der Waals surface area contributed by atoms with E-state index < -0.39 is 0 Å². The van der Waals surface area contributed by atoms with Crippen molar-refractivity contribution < 1.29 is 8.83 Å². The lowest BCUT2D eigenvalue weighted by Gasteiger charge is -2.34. The van der Waals surface area contributed by atoms with Gasteiger partial charge in [0.05, 0.1) is 19.4 Å². The Bertz CT molecular complexity index is 777. The number of hydrogen-bond acceptors (Lipinski definition) is 6. The highest BCUT2D eigenvalue weighted by Gasteiger charge is 2.25. The van der Waals surface area contributed by atoms with Gasteiger partial charge >= 0.3 is 0 Å². The van der Waals surface area contributed by atoms with Gasteiger partial charge in [-0.1, -0.05) is 6.42 Å². The molecule has 3 aromatic rings. The standard InChI is InChI=1S/C17H21N5O2/c1-13-6-10-23-16(13)17-20-19-15(24-17)12-21-8-3-2-5-14(21)11-22-9-4-7-18-22/h4,6-7,9-10,14H,2-3,5,8,11-12H2,1H3/t14-/m0/s1. The van der Waals surface area contributed by atoms with E-state index in [1.807, 2.05) is 36.1 Å². The Kier molecular flexibility index (Phi) is 4.17. The molecule has 0 N–H and O–H groups in total. The molecule has 4 heterocycles. The fourth-order valence-electron chi connectivity index (χ4n) is 3.27. The molecule has 0 spiro atoms. The maximum Gasteiger partial charge on any atom is 0.283 e. The summed E-state index contributed by atoms with van der Waals surface area (Å²) >= 11 is 0. The van der Waals surface area contributed by atoms with Crippen molar-refractivity contribution in [3.8, 4) is 11.7 Å². The van der Waals surface area contributed by atoms with Gasteiger partial charge < -0.3 is 8.83 Å². The van der Waals surface area contributed by atoms with Gasteiger partial charge in [0.2, 0.25) is 5.89 Å². The number of aromatic nitrogens is 4. The third-order valence-electron chi connectivity index (χ3n) is 4.57. The summed E-state index contributed by atoms with van der Waals surface area (Å²) in [5, 5.41) is 12.7. The number of likely N-dealkylation sites (tertiary alicyclic amines) is 1. The minimum Gasteiger partial charge on any atom is -0.459 e. The van der Waals surface area contributed by atoms with E-state index in [1.165, 1.54) is 12.8 Å². The molecule has 1 fully saturated rings. The Hall–Kier alpha value is -2.41. The van der Waals surface area contributed by atoms with Crippen LogP contribution in [-0.2, 0) is 13.1 Å². The zero-order valence-corrected chi connectivity index (χ0v) is 13.8. The van der Waals surface area contributed by atoms with Gasteiger partial charge in [-0.2, -0.15) is 5.10 Å². The van der Waals surface area contributed by atoms with Gasteiger partial charge in [-0.15, -0.1) is 10.2 Å². The second-order valence-corrected chi connectivity index (χ2v) is 6.28. The zero-order chi connectivity index (χ0) is 16.4. The van der Waals surface area contributed by atoms with E-state index in [-0.39, 0.29) is 0 Å². The van der Waals surface area contributed by atoms with Crippen LogP contribution in [0, 0.1) is 6.92 Å². The van der Waals surface area contributed by atoms with Crippen LogP contribution in [0.1, 0.15) is 30.7 Å². The molecular weight excluding hydrogens is 306 g/mol. The van der Waals surface area contributed by atoms with Crippen LogP contribution in [0.15, 0.2) is 39.6 Å². The zero-order valence-electron chi connectivity index (χ0n) is 13.8. The van der Waals surface area contributed by atoms with Crippen LogP contribution < -0.4 is 0 Å². The highest BCUT2D eigenvalue weighted by atomic mass is 16.4. The molecule has 0 aliphatic carbocycles. The Balaban J connectivity index is 1.47. The maximum atomic E-state index is 5.82. The predicted octanol–water partition coefficient (Wildman–Crippen LogP) is 2.89. The monoisotopic (exact) mass is 327 g/mol. The smallest absolute Gasteiger partial charge is 0.283 e. The van der Waals surface area contributed by atoms with Gasteiger partial charge in [-0.05, 0) is 38.4 Å². The second-order valence-electron chi connectivity index (χ2n) is 6.28. The molecule has 4 rings (SSSR count). The molecule has 0 bridgehead atoms. The molecule has 1 aliphatic rings. The van der Waals surface area contributed by atoms with E-state index in [1.54, 1.807) is 6.26 Å². The van der Waals surface area contributed by atoms with Crippen molar-refractivity contribution in [1.29, 1.82) is 0 Å². The quantitative estimate of drug-likeness (QED) is 0.717. The van der Waals surface area contributed by atoms with Crippen LogP contribution in [0.2, 0.25) is 0 Å². The summed E-state index contributed by atoms with van der Waals surface area (Å²) in [7, 11) is 0. The largest absolute Gasteiger partial charge is 0.459 e. The Morgan fingerprint density at radius 1 is 1.29 bits per heavy atom. The number of nitrogens with zero attached hydrogens (tertiary/aromatic N) is 5. The molecular formula is C17H21N5O2. The van der Waals surface area contributed by atoms with Crippen molar-refractivity contribution in [3.63, 3.8) is 0 Å². The van der Waals surface area contributed by atoms with E-state index in [9.17, 15) is 0 Å². The van der Waals surface area contributed by atoms with Crippen molar-refractivity contribution in [2.75, 3.05) is 6.54 Å². The number of hydrogen-bond donors (Lipinski definition) is 0. The van der Waals surface area contributed by atoms with Gasteiger partial charge in [0, 0.05) is 24.0 Å². The first-order chi connectivity index (χ1) is 11.8. The predicted molar refractivity (Wildman–Crippen MR) is 87.0 cm³/mol. The lowest BCUT2D eigenvalue weighted by Crippen LogP contribution is -2.41. The molecule has 1 saturated heterocycles. The molecule has 1 aliphatic heterocycles. The van der Waals surface area contributed by atoms with Crippen molar-refractivity contribution in [1.82, 2.24) is 24.9 Å². The third-order valence-corrected chi connectivity index (χ3v) is 4.57. The molecule has 126 valence electrons. The number of piperidine rings is 1. The van der Waals surface area contributed by atoms with E-state index in [2.05, 4.69) is 20.2 Å². The summed E-state index contributed by atoms with van der Waals surface area (Å²) in [5.74, 6) is 1.74. The first-order valence-corrected chi connectivity index (χ1v) is 8.38. The average molecular weight is 327 g/mol. The van der Waals surface area contributed by atoms with E-state index in [0.29, 0.717) is 30.1 Å². The molecule has 0 saturated carbocycles. The maximum absolute atomic E-state index is 5.82. The molecule has 1 atom stereocenters. The van der Waals surface area contributed by atoms with Crippen molar-refractivity contribution in [3.05, 3.63) is 42.2 Å². The number of furan rings is 1. The summed E-state index contributed by atoms with van der Waals surface area (Å²) < 4.78 is 13.2. The van der Waals surface area contributed by atoms with Crippen LogP contribution in [0.4, 0.5) is 0 Å². The third kappa shape index (κ3) is 3.12. The fourth-order valence-corrected chi connectivity index (χ4v) is 3.27. The van der Waals surface area contributed by atoms with E-state index in [4.69, 9.17) is 8.83 Å². The summed E-state index contributed by atoms with van der Waals surface area (Å²) in [6.45, 7) is 4.57. The second kappa shape index (κ2) is 6.60. The summed E-state index contributed by atoms with van der Waals surface area (Å²) in [4.78, 5) is 2.41. The van der Waals surface area contributed by atoms with Crippen LogP contribution >= 0.6 is 0 Å². The summed E-state index contributed by atoms with van der Waals surface area (Å²) in [6.07, 6.45) is 9.09. The first-order valence-electron chi connectivity index (χ1n) is 8.38. The molecule has 0 radical (unpaired) electrons. The topological polar surface area (TPSA) is 73.1 Å². The highest BCUT2D eigenvalue weighted by molar-refractivity contribution is 5.49. The summed E-state index contributed by atoms with van der Waals surface area (Å²) in [5.41, 5.74) is 1.000. The molecule has 7 heteroatoms. The fraction of sp³-hybridized carbons (Fsp3) is 0.471. The normalized spacial score (nSPS) is 19.0. The molecule has 24 heavy (non-hydrogen) atoms. The van der Waals surface area contributed by atoms with Gasteiger partial charge in [-0.3, -0.25) is 9.58 Å². The first kappa shape index (κ1) is 15.1. The van der Waals surface area contributed by atoms with Gasteiger partial charge in [0.1, 0.15) is 0 Å². The van der Waals surface area contributed by atoms with Crippen LogP contribution in [0.5, 0.6) is 0 Å². The summed E-state index contributed by atoms with van der Waals surface area (Å²) in [6, 6.07) is 4.30. The number of rotatable bonds is 5. The van der Waals surface area contributed by atoms with Gasteiger partial charge in [0.25, 0.3) is 5.89 Å². The van der Waals surface area contributed by atoms with Gasteiger partial charge in [0.15, 0.2) is 5.76 Å². The highest BCUT2D eigenvalue weighted by Crippen LogP contribution is 2.25. The van der Waals surface area contributed by atoms with Crippen molar-refractivity contribution in [2.24, 2.45) is 0 Å². The molecule has 0 unspecified atom stereocenters. The molecule has 7 nitrogen and oxygen atoms in total. The van der Waals surface area contributed by atoms with Gasteiger partial charge in [-0.25, -0.2) is 0 Å². The lowest BCUT2D eigenvalue weighted by molar-refractivity contribution is 0.111. The Morgan fingerprint density at radius 2 is 2.25 bits per heavy atom. The van der Waals surface area contributed by atoms with Crippen molar-refractivity contribution in [2.45, 2.75) is 45.3 Å². The van der Waals surface area contributed by atoms with Crippen LogP contribution in [0.3, 0.4) is 0 Å². The van der Waals surface area contributed by atoms with Crippen LogP contribution in [-0.4, -0.2) is 37.5 Å². The average Bonchev–Trinajstić information content (AvgIpc) is 3.31. The molecule has 3 aromatic heterocycles. The Labute approximate surface area is 140 Å². The minimum atomic E-state index is 0.444. The minimum absolute atomic E-state index is 0.444. The lowest BCUT2D eigenvalue weighted by atomic mass is 10.0. The number of aryl methyl sites for hydroxylation is 1. The van der Waals surface area contributed by atoms with Crippen molar-refractivity contribution >= 4 is 0 Å². The molecule has 0 amide bonds. The van der Waals surface area contributed by atoms with E-state index in [0.717, 1.165) is 25.1 Å². The Morgan fingerprint density at radius 3 is 3.04 bits per heavy atom.